The predicted octanol–water partition coefficient (Wildman–Crippen LogP) is 3.02. The molecule has 0 saturated carbocycles. The van der Waals surface area contributed by atoms with Crippen LogP contribution in [-0.2, 0) is 9.53 Å². The molecule has 0 unspecified atom stereocenters. The zero-order chi connectivity index (χ0) is 14.3. The summed E-state index contributed by atoms with van der Waals surface area (Å²) in [4.78, 5) is 11.8. The molecular weight excluding hydrogens is 242 g/mol. The normalized spacial score (nSPS) is 11.2. The van der Waals surface area contributed by atoms with Crippen LogP contribution in [0, 0.1) is 0 Å². The van der Waals surface area contributed by atoms with Crippen LogP contribution in [0.5, 0.6) is 5.75 Å². The Morgan fingerprint density at radius 2 is 2.00 bits per heavy atom. The van der Waals surface area contributed by atoms with Crippen molar-refractivity contribution in [2.75, 3.05) is 18.9 Å². The fourth-order valence-corrected chi connectivity index (χ4v) is 1.67. The Morgan fingerprint density at radius 3 is 2.58 bits per heavy atom. The summed E-state index contributed by atoms with van der Waals surface area (Å²) < 4.78 is 10.5. The standard InChI is InChI=1S/C15H21NO3/c1-4-11(15(17)19-6-3)9-12-7-8-13(16)10-14(12)18-5-2/h7-10H,4-6,16H2,1-3H3/b11-9-. The van der Waals surface area contributed by atoms with Gasteiger partial charge in [0.1, 0.15) is 5.75 Å². The van der Waals surface area contributed by atoms with Crippen LogP contribution in [0.2, 0.25) is 0 Å². The molecule has 0 heterocycles. The summed E-state index contributed by atoms with van der Waals surface area (Å²) in [6, 6.07) is 5.38. The number of nitrogen functional groups attached to an aromatic ring is 1. The van der Waals surface area contributed by atoms with E-state index >= 15 is 0 Å². The maximum absolute atomic E-state index is 11.8. The molecular formula is C15H21NO3. The van der Waals surface area contributed by atoms with Crippen molar-refractivity contribution < 1.29 is 14.3 Å². The van der Waals surface area contributed by atoms with Gasteiger partial charge in [0.2, 0.25) is 0 Å². The molecule has 0 aromatic heterocycles. The number of benzene rings is 1. The molecule has 0 atom stereocenters. The highest BCUT2D eigenvalue weighted by Gasteiger charge is 2.10. The Bertz CT molecular complexity index is 466. The van der Waals surface area contributed by atoms with Crippen molar-refractivity contribution in [3.8, 4) is 5.75 Å². The van der Waals surface area contributed by atoms with Gasteiger partial charge >= 0.3 is 5.97 Å². The topological polar surface area (TPSA) is 61.5 Å². The second-order valence-electron chi connectivity index (χ2n) is 3.97. The predicted molar refractivity (Wildman–Crippen MR) is 76.9 cm³/mol. The van der Waals surface area contributed by atoms with Crippen LogP contribution in [0.4, 0.5) is 5.69 Å². The fourth-order valence-electron chi connectivity index (χ4n) is 1.67. The highest BCUT2D eigenvalue weighted by Crippen LogP contribution is 2.25. The summed E-state index contributed by atoms with van der Waals surface area (Å²) >= 11 is 0. The molecule has 0 radical (unpaired) electrons. The number of rotatable bonds is 6. The smallest absolute Gasteiger partial charge is 0.333 e. The van der Waals surface area contributed by atoms with Gasteiger partial charge in [0.15, 0.2) is 0 Å². The molecule has 1 aromatic rings. The van der Waals surface area contributed by atoms with E-state index < -0.39 is 0 Å². The summed E-state index contributed by atoms with van der Waals surface area (Å²) in [6.45, 7) is 6.53. The van der Waals surface area contributed by atoms with Crippen molar-refractivity contribution in [2.45, 2.75) is 27.2 Å². The van der Waals surface area contributed by atoms with Crippen molar-refractivity contribution in [2.24, 2.45) is 0 Å². The van der Waals surface area contributed by atoms with E-state index in [1.54, 1.807) is 25.1 Å². The average Bonchev–Trinajstić information content (AvgIpc) is 2.38. The molecule has 0 spiro atoms. The van der Waals surface area contributed by atoms with Gasteiger partial charge in [-0.25, -0.2) is 4.79 Å². The van der Waals surface area contributed by atoms with E-state index in [9.17, 15) is 4.79 Å². The molecule has 4 heteroatoms. The molecule has 4 nitrogen and oxygen atoms in total. The van der Waals surface area contributed by atoms with Crippen molar-refractivity contribution >= 4 is 17.7 Å². The Balaban J connectivity index is 3.09. The molecule has 104 valence electrons. The highest BCUT2D eigenvalue weighted by molar-refractivity contribution is 5.94. The SMILES string of the molecule is CCOC(=O)/C(=C\c1ccc(N)cc1OCC)CC. The van der Waals surface area contributed by atoms with E-state index in [1.807, 2.05) is 19.9 Å². The number of nitrogens with two attached hydrogens (primary N) is 1. The summed E-state index contributed by atoms with van der Waals surface area (Å²) in [5.41, 5.74) is 7.82. The lowest BCUT2D eigenvalue weighted by molar-refractivity contribution is -0.138. The van der Waals surface area contributed by atoms with Gasteiger partial charge < -0.3 is 15.2 Å². The molecule has 0 aliphatic carbocycles. The van der Waals surface area contributed by atoms with Gasteiger partial charge in [-0.1, -0.05) is 6.92 Å². The van der Waals surface area contributed by atoms with E-state index in [-0.39, 0.29) is 5.97 Å². The van der Waals surface area contributed by atoms with E-state index in [0.29, 0.717) is 36.6 Å². The van der Waals surface area contributed by atoms with Crippen LogP contribution in [-0.4, -0.2) is 19.2 Å². The van der Waals surface area contributed by atoms with E-state index in [4.69, 9.17) is 15.2 Å². The third-order valence-electron chi connectivity index (χ3n) is 2.59. The molecule has 0 aliphatic heterocycles. The number of ether oxygens (including phenoxy) is 2. The third kappa shape index (κ3) is 4.32. The number of carbonyl (C=O) groups excluding carboxylic acids is 1. The van der Waals surface area contributed by atoms with E-state index in [2.05, 4.69) is 0 Å². The molecule has 0 fully saturated rings. The van der Waals surface area contributed by atoms with Gasteiger partial charge in [-0.05, 0) is 38.5 Å². The highest BCUT2D eigenvalue weighted by atomic mass is 16.5. The van der Waals surface area contributed by atoms with Gasteiger partial charge in [0.25, 0.3) is 0 Å². The molecule has 0 aliphatic rings. The van der Waals surface area contributed by atoms with Crippen LogP contribution < -0.4 is 10.5 Å². The van der Waals surface area contributed by atoms with Crippen LogP contribution in [0.3, 0.4) is 0 Å². The Morgan fingerprint density at radius 1 is 1.26 bits per heavy atom. The summed E-state index contributed by atoms with van der Waals surface area (Å²) in [7, 11) is 0. The number of esters is 1. The third-order valence-corrected chi connectivity index (χ3v) is 2.59. The molecule has 0 bridgehead atoms. The van der Waals surface area contributed by atoms with Crippen molar-refractivity contribution in [1.82, 2.24) is 0 Å². The van der Waals surface area contributed by atoms with Crippen molar-refractivity contribution in [1.29, 1.82) is 0 Å². The fraction of sp³-hybridized carbons (Fsp3) is 0.400. The molecule has 0 saturated heterocycles. The number of hydrogen-bond acceptors (Lipinski definition) is 4. The zero-order valence-corrected chi connectivity index (χ0v) is 11.7. The number of anilines is 1. The Labute approximate surface area is 114 Å². The second kappa shape index (κ2) is 7.46. The molecule has 2 N–H and O–H groups in total. The first-order chi connectivity index (χ1) is 9.12. The largest absolute Gasteiger partial charge is 0.493 e. The van der Waals surface area contributed by atoms with E-state index in [1.165, 1.54) is 0 Å². The molecule has 0 amide bonds. The Hall–Kier alpha value is -1.97. The van der Waals surface area contributed by atoms with Crippen LogP contribution >= 0.6 is 0 Å². The zero-order valence-electron chi connectivity index (χ0n) is 11.7. The van der Waals surface area contributed by atoms with Gasteiger partial charge in [-0.15, -0.1) is 0 Å². The molecule has 1 rings (SSSR count). The molecule has 19 heavy (non-hydrogen) atoms. The maximum atomic E-state index is 11.8. The minimum absolute atomic E-state index is 0.288. The first-order valence-corrected chi connectivity index (χ1v) is 6.52. The van der Waals surface area contributed by atoms with Crippen molar-refractivity contribution in [3.05, 3.63) is 29.3 Å². The Kier molecular flexibility index (Phi) is 5.93. The van der Waals surface area contributed by atoms with E-state index in [0.717, 1.165) is 5.56 Å². The van der Waals surface area contributed by atoms with Crippen molar-refractivity contribution in [3.63, 3.8) is 0 Å². The first kappa shape index (κ1) is 15.1. The lowest BCUT2D eigenvalue weighted by Crippen LogP contribution is -2.07. The van der Waals surface area contributed by atoms with Crippen LogP contribution in [0.15, 0.2) is 23.8 Å². The second-order valence-corrected chi connectivity index (χ2v) is 3.97. The first-order valence-electron chi connectivity index (χ1n) is 6.52. The van der Waals surface area contributed by atoms with Crippen LogP contribution in [0.25, 0.3) is 6.08 Å². The average molecular weight is 263 g/mol. The summed E-state index contributed by atoms with van der Waals surface area (Å²) in [5.74, 6) is 0.391. The summed E-state index contributed by atoms with van der Waals surface area (Å²) in [6.07, 6.45) is 2.40. The number of carbonyl (C=O) groups is 1. The lowest BCUT2D eigenvalue weighted by atomic mass is 10.1. The summed E-state index contributed by atoms with van der Waals surface area (Å²) in [5, 5.41) is 0. The van der Waals surface area contributed by atoms with Crippen LogP contribution in [0.1, 0.15) is 32.8 Å². The quantitative estimate of drug-likeness (QED) is 0.487. The minimum atomic E-state index is -0.288. The van der Waals surface area contributed by atoms with Gasteiger partial charge in [0.05, 0.1) is 13.2 Å². The van der Waals surface area contributed by atoms with Gasteiger partial charge in [-0.3, -0.25) is 0 Å². The lowest BCUT2D eigenvalue weighted by Gasteiger charge is -2.10. The maximum Gasteiger partial charge on any atom is 0.333 e. The number of hydrogen-bond donors (Lipinski definition) is 1. The van der Waals surface area contributed by atoms with Gasteiger partial charge in [0, 0.05) is 22.9 Å². The monoisotopic (exact) mass is 263 g/mol. The minimum Gasteiger partial charge on any atom is -0.493 e. The van der Waals surface area contributed by atoms with Gasteiger partial charge in [-0.2, -0.15) is 0 Å². The molecule has 1 aromatic carbocycles.